The summed E-state index contributed by atoms with van der Waals surface area (Å²) in [5.74, 6) is 3.29. The van der Waals surface area contributed by atoms with Gasteiger partial charge >= 0.3 is 6.09 Å². The maximum absolute atomic E-state index is 12.4. The average Bonchev–Trinajstić information content (AvgIpc) is 3.43. The summed E-state index contributed by atoms with van der Waals surface area (Å²) in [4.78, 5) is 28.6. The van der Waals surface area contributed by atoms with E-state index in [0.717, 1.165) is 98.9 Å². The Morgan fingerprint density at radius 2 is 1.93 bits per heavy atom. The van der Waals surface area contributed by atoms with Gasteiger partial charge in [-0.15, -0.1) is 0 Å². The van der Waals surface area contributed by atoms with Crippen molar-refractivity contribution >= 4 is 29.2 Å². The Hall–Kier alpha value is -3.60. The Morgan fingerprint density at radius 1 is 1.14 bits per heavy atom. The molecule has 2 aliphatic rings. The molecule has 2 aliphatic heterocycles. The van der Waals surface area contributed by atoms with E-state index in [1.165, 1.54) is 6.42 Å². The third-order valence-electron chi connectivity index (χ3n) is 8.77. The topological polar surface area (TPSA) is 111 Å². The van der Waals surface area contributed by atoms with Crippen molar-refractivity contribution in [3.8, 4) is 0 Å². The number of hydrogen-bond donors (Lipinski definition) is 2. The molecule has 2 saturated heterocycles. The summed E-state index contributed by atoms with van der Waals surface area (Å²) in [6.07, 6.45) is 10.6. The fraction of sp³-hybridized carbons (Fsp3) is 0.636. The van der Waals surface area contributed by atoms with Crippen LogP contribution >= 0.6 is 0 Å². The van der Waals surface area contributed by atoms with E-state index in [9.17, 15) is 9.90 Å². The van der Waals surface area contributed by atoms with Crippen molar-refractivity contribution in [3.05, 3.63) is 41.7 Å². The van der Waals surface area contributed by atoms with Crippen LogP contribution in [0.4, 0.5) is 22.2 Å². The summed E-state index contributed by atoms with van der Waals surface area (Å²) >= 11 is 0. The Labute approximate surface area is 261 Å². The van der Waals surface area contributed by atoms with Gasteiger partial charge in [-0.05, 0) is 83.3 Å². The van der Waals surface area contributed by atoms with Crippen LogP contribution in [0, 0.1) is 5.92 Å². The molecule has 1 amide bonds. The van der Waals surface area contributed by atoms with Gasteiger partial charge in [0, 0.05) is 70.2 Å². The van der Waals surface area contributed by atoms with Gasteiger partial charge in [-0.2, -0.15) is 9.61 Å². The van der Waals surface area contributed by atoms with E-state index >= 15 is 0 Å². The van der Waals surface area contributed by atoms with Crippen LogP contribution in [0.2, 0.25) is 0 Å². The van der Waals surface area contributed by atoms with Crippen LogP contribution in [-0.2, 0) is 17.7 Å². The molecule has 0 saturated carbocycles. The summed E-state index contributed by atoms with van der Waals surface area (Å²) in [5, 5.41) is 17.9. The highest BCUT2D eigenvalue weighted by Crippen LogP contribution is 2.29. The van der Waals surface area contributed by atoms with Gasteiger partial charge in [0.2, 0.25) is 0 Å². The second kappa shape index (κ2) is 14.0. The Morgan fingerprint density at radius 3 is 2.61 bits per heavy atom. The molecular weight excluding hydrogens is 556 g/mol. The molecule has 11 heteroatoms. The fourth-order valence-electron chi connectivity index (χ4n) is 6.31. The summed E-state index contributed by atoms with van der Waals surface area (Å²) in [5.41, 5.74) is 2.62. The maximum Gasteiger partial charge on any atom is 0.410 e. The number of hydrogen-bond acceptors (Lipinski definition) is 9. The third kappa shape index (κ3) is 7.72. The zero-order valence-electron chi connectivity index (χ0n) is 27.1. The number of carbonyl (C=O) groups excluding carboxylic acids is 1. The number of aromatic nitrogens is 4. The van der Waals surface area contributed by atoms with Crippen LogP contribution in [0.25, 0.3) is 5.65 Å². The fourth-order valence-corrected chi connectivity index (χ4v) is 6.31. The molecule has 240 valence electrons. The molecule has 0 aliphatic carbocycles. The maximum atomic E-state index is 12.4. The highest BCUT2D eigenvalue weighted by Gasteiger charge is 2.28. The van der Waals surface area contributed by atoms with Crippen LogP contribution in [0.3, 0.4) is 0 Å². The van der Waals surface area contributed by atoms with Crippen LogP contribution in [0.1, 0.15) is 77.3 Å². The first-order valence-corrected chi connectivity index (χ1v) is 16.3. The molecule has 0 bridgehead atoms. The molecular formula is C33H50N8O3. The summed E-state index contributed by atoms with van der Waals surface area (Å²) in [7, 11) is 2.09. The predicted molar refractivity (Wildman–Crippen MR) is 174 cm³/mol. The predicted octanol–water partition coefficient (Wildman–Crippen LogP) is 5.12. The molecule has 3 aromatic heterocycles. The first-order valence-electron chi connectivity index (χ1n) is 16.3. The second-order valence-electron chi connectivity index (χ2n) is 13.3. The smallest absolute Gasteiger partial charge is 0.410 e. The monoisotopic (exact) mass is 606 g/mol. The first kappa shape index (κ1) is 31.8. The Balaban J connectivity index is 1.20. The number of rotatable bonds is 10. The molecule has 11 nitrogen and oxygen atoms in total. The molecule has 3 aromatic rings. The number of likely N-dealkylation sites (tertiary alicyclic amines) is 1. The van der Waals surface area contributed by atoms with Gasteiger partial charge < -0.3 is 29.9 Å². The van der Waals surface area contributed by atoms with Crippen LogP contribution in [0.15, 0.2) is 30.6 Å². The minimum absolute atomic E-state index is 0.187. The number of aliphatic hydroxyl groups is 1. The number of aliphatic hydroxyl groups excluding tert-OH is 1. The van der Waals surface area contributed by atoms with Gasteiger partial charge in [-0.25, -0.2) is 14.8 Å². The van der Waals surface area contributed by atoms with E-state index in [4.69, 9.17) is 14.7 Å². The number of fused-ring (bicyclic) bond motifs is 1. The van der Waals surface area contributed by atoms with E-state index in [1.54, 1.807) is 0 Å². The van der Waals surface area contributed by atoms with Crippen molar-refractivity contribution in [1.29, 1.82) is 0 Å². The highest BCUT2D eigenvalue weighted by atomic mass is 16.6. The number of ether oxygens (including phenoxy) is 1. The van der Waals surface area contributed by atoms with Gasteiger partial charge in [0.05, 0.1) is 6.20 Å². The molecule has 0 aromatic carbocycles. The van der Waals surface area contributed by atoms with Gasteiger partial charge in [0.15, 0.2) is 5.65 Å². The van der Waals surface area contributed by atoms with Crippen molar-refractivity contribution in [1.82, 2.24) is 24.5 Å². The zero-order chi connectivity index (χ0) is 31.3. The molecule has 5 heterocycles. The van der Waals surface area contributed by atoms with Crippen molar-refractivity contribution in [3.63, 3.8) is 0 Å². The van der Waals surface area contributed by atoms with Crippen molar-refractivity contribution in [2.24, 2.45) is 5.92 Å². The first-order chi connectivity index (χ1) is 21.1. The van der Waals surface area contributed by atoms with E-state index in [1.807, 2.05) is 42.6 Å². The number of anilines is 3. The molecule has 44 heavy (non-hydrogen) atoms. The number of aryl methyl sites for hydroxylation is 1. The number of piperidine rings is 2. The molecule has 0 unspecified atom stereocenters. The quantitative estimate of drug-likeness (QED) is 0.325. The van der Waals surface area contributed by atoms with Crippen molar-refractivity contribution in [2.45, 2.75) is 90.8 Å². The van der Waals surface area contributed by atoms with Gasteiger partial charge in [-0.3, -0.25) is 0 Å². The van der Waals surface area contributed by atoms with Crippen molar-refractivity contribution in [2.75, 3.05) is 55.0 Å². The van der Waals surface area contributed by atoms with E-state index in [0.29, 0.717) is 18.5 Å². The molecule has 0 radical (unpaired) electrons. The van der Waals surface area contributed by atoms with Crippen LogP contribution < -0.4 is 15.1 Å². The number of carbonyl (C=O) groups is 1. The summed E-state index contributed by atoms with van der Waals surface area (Å²) < 4.78 is 7.44. The Bertz CT molecular complexity index is 1380. The van der Waals surface area contributed by atoms with Crippen LogP contribution in [0.5, 0.6) is 0 Å². The minimum atomic E-state index is -0.468. The molecule has 0 spiro atoms. The molecule has 2 N–H and O–H groups in total. The molecule has 5 rings (SSSR count). The second-order valence-corrected chi connectivity index (χ2v) is 13.3. The van der Waals surface area contributed by atoms with Gasteiger partial charge in [0.1, 0.15) is 23.1 Å². The van der Waals surface area contributed by atoms with E-state index < -0.39 is 5.60 Å². The lowest BCUT2D eigenvalue weighted by molar-refractivity contribution is 0.0186. The lowest BCUT2D eigenvalue weighted by atomic mass is 9.96. The number of nitrogens with one attached hydrogen (secondary N) is 1. The van der Waals surface area contributed by atoms with E-state index in [2.05, 4.69) is 52.4 Å². The largest absolute Gasteiger partial charge is 0.444 e. The lowest BCUT2D eigenvalue weighted by Gasteiger charge is -2.36. The minimum Gasteiger partial charge on any atom is -0.444 e. The summed E-state index contributed by atoms with van der Waals surface area (Å²) in [6.45, 7) is 11.9. The number of amides is 1. The normalized spacial score (nSPS) is 18.1. The third-order valence-corrected chi connectivity index (χ3v) is 8.77. The average molecular weight is 607 g/mol. The molecule has 2 fully saturated rings. The number of nitrogens with zero attached hydrogens (tertiary/aromatic N) is 7. The summed E-state index contributed by atoms with van der Waals surface area (Å²) in [6, 6.07) is 6.60. The zero-order valence-corrected chi connectivity index (χ0v) is 27.1. The van der Waals surface area contributed by atoms with Gasteiger partial charge in [-0.1, -0.05) is 13.0 Å². The molecule has 1 atom stereocenters. The standard InChI is InChI=1S/C33H50N8O3/c1-6-26-22-36-41-29(19-30(37-31(26)41)40-15-8-7-9-27(40)14-18-42)35-21-25-10-11-28(34-20-25)38(5)23-24-12-16-39(17-13-24)32(43)44-33(2,3)4/h10-11,19-20,22,24,27,35,42H,6-9,12-18,21,23H2,1-5H3/t27-/m0/s1. The lowest BCUT2D eigenvalue weighted by Crippen LogP contribution is -2.43. The SMILES string of the molecule is CCc1cnn2c(NCc3ccc(N(C)CC4CCN(C(=O)OC(C)(C)C)CC4)nc3)cc(N3CCCC[C@H]3CCO)nc12. The number of pyridine rings is 1. The Kier molecular flexibility index (Phi) is 10.1. The van der Waals surface area contributed by atoms with Crippen molar-refractivity contribution < 1.29 is 14.6 Å². The van der Waals surface area contributed by atoms with Gasteiger partial charge in [0.25, 0.3) is 0 Å². The van der Waals surface area contributed by atoms with E-state index in [-0.39, 0.29) is 12.7 Å². The van der Waals surface area contributed by atoms with Crippen LogP contribution in [-0.4, -0.2) is 87.2 Å². The highest BCUT2D eigenvalue weighted by molar-refractivity contribution is 5.68.